The molecular formula is C15H14ClNO3S. The second-order valence-electron chi connectivity index (χ2n) is 4.31. The molecule has 0 saturated heterocycles. The predicted molar refractivity (Wildman–Crippen MR) is 85.6 cm³/mol. The number of aromatic carboxylic acids is 1. The first-order valence-corrected chi connectivity index (χ1v) is 7.31. The summed E-state index contributed by atoms with van der Waals surface area (Å²) < 4.78 is 8.43. The van der Waals surface area contributed by atoms with Crippen LogP contribution in [0.25, 0.3) is 0 Å². The molecule has 0 heterocycles. The highest BCUT2D eigenvalue weighted by Gasteiger charge is 2.14. The van der Waals surface area contributed by atoms with Gasteiger partial charge in [0.1, 0.15) is 0 Å². The zero-order chi connectivity index (χ0) is 15.4. The minimum atomic E-state index is -1.03. The van der Waals surface area contributed by atoms with E-state index in [9.17, 15) is 4.79 Å². The number of ether oxygens (including phenoxy) is 1. The molecule has 0 aliphatic carbocycles. The maximum Gasteiger partial charge on any atom is 0.335 e. The van der Waals surface area contributed by atoms with Gasteiger partial charge in [-0.3, -0.25) is 0 Å². The molecule has 2 rings (SSSR count). The number of carboxylic acid groups (broad SMARTS) is 1. The van der Waals surface area contributed by atoms with Crippen LogP contribution in [-0.4, -0.2) is 18.2 Å². The molecule has 0 saturated carbocycles. The number of para-hydroxylation sites is 1. The molecule has 0 fully saturated rings. The summed E-state index contributed by atoms with van der Waals surface area (Å²) in [4.78, 5) is 11.7. The number of rotatable bonds is 5. The van der Waals surface area contributed by atoms with E-state index in [-0.39, 0.29) is 10.6 Å². The molecule has 2 aromatic carbocycles. The molecule has 4 nitrogen and oxygen atoms in total. The lowest BCUT2D eigenvalue weighted by molar-refractivity contribution is 0.0696. The topological polar surface area (TPSA) is 58.6 Å². The van der Waals surface area contributed by atoms with E-state index in [0.29, 0.717) is 10.6 Å². The molecule has 0 aromatic heterocycles. The van der Waals surface area contributed by atoms with Gasteiger partial charge in [0.25, 0.3) is 0 Å². The van der Waals surface area contributed by atoms with Crippen molar-refractivity contribution in [2.75, 3.05) is 11.8 Å². The molecule has 0 unspecified atom stereocenters. The summed E-state index contributed by atoms with van der Waals surface area (Å²) in [6.07, 6.45) is 0. The maximum absolute atomic E-state index is 11.1. The first-order valence-electron chi connectivity index (χ1n) is 6.12. The Labute approximate surface area is 132 Å². The first-order chi connectivity index (χ1) is 10.0. The lowest BCUT2D eigenvalue weighted by atomic mass is 10.2. The second kappa shape index (κ2) is 6.74. The molecule has 21 heavy (non-hydrogen) atoms. The van der Waals surface area contributed by atoms with Gasteiger partial charge in [-0.25, -0.2) is 4.79 Å². The third-order valence-electron chi connectivity index (χ3n) is 2.88. The van der Waals surface area contributed by atoms with Gasteiger partial charge in [0, 0.05) is 5.69 Å². The summed E-state index contributed by atoms with van der Waals surface area (Å²) in [5.74, 6) is -0.579. The van der Waals surface area contributed by atoms with Gasteiger partial charge in [-0.1, -0.05) is 29.8 Å². The van der Waals surface area contributed by atoms with E-state index in [4.69, 9.17) is 21.4 Å². The van der Waals surface area contributed by atoms with E-state index in [1.165, 1.54) is 31.2 Å². The predicted octanol–water partition coefficient (Wildman–Crippen LogP) is 4.47. The van der Waals surface area contributed by atoms with E-state index < -0.39 is 5.97 Å². The molecule has 0 radical (unpaired) electrons. The number of carboxylic acids is 1. The molecule has 0 spiro atoms. The molecule has 110 valence electrons. The Morgan fingerprint density at radius 3 is 2.67 bits per heavy atom. The van der Waals surface area contributed by atoms with Crippen LogP contribution in [-0.2, 0) is 0 Å². The summed E-state index contributed by atoms with van der Waals surface area (Å²) >= 11 is 7.32. The van der Waals surface area contributed by atoms with Crippen molar-refractivity contribution in [3.63, 3.8) is 0 Å². The summed E-state index contributed by atoms with van der Waals surface area (Å²) in [5, 5.41) is 9.37. The molecule has 6 heteroatoms. The third kappa shape index (κ3) is 3.62. The van der Waals surface area contributed by atoms with Crippen molar-refractivity contribution in [3.8, 4) is 5.75 Å². The zero-order valence-corrected chi connectivity index (χ0v) is 13.1. The molecule has 0 aliphatic heterocycles. The van der Waals surface area contributed by atoms with Gasteiger partial charge >= 0.3 is 5.97 Å². The molecule has 0 aliphatic rings. The minimum Gasteiger partial charge on any atom is -0.494 e. The normalized spacial score (nSPS) is 10.2. The van der Waals surface area contributed by atoms with Crippen LogP contribution in [0.1, 0.15) is 15.9 Å². The fourth-order valence-corrected chi connectivity index (χ4v) is 3.04. The number of hydrogen-bond acceptors (Lipinski definition) is 4. The van der Waals surface area contributed by atoms with Crippen LogP contribution < -0.4 is 9.46 Å². The maximum atomic E-state index is 11.1. The van der Waals surface area contributed by atoms with Crippen LogP contribution in [0.4, 0.5) is 5.69 Å². The zero-order valence-electron chi connectivity index (χ0n) is 11.5. The lowest BCUT2D eigenvalue weighted by Crippen LogP contribution is -1.99. The van der Waals surface area contributed by atoms with Gasteiger partial charge in [-0.15, -0.1) is 0 Å². The third-order valence-corrected chi connectivity index (χ3v) is 4.00. The Kier molecular flexibility index (Phi) is 4.98. The van der Waals surface area contributed by atoms with Crippen molar-refractivity contribution >= 4 is 35.2 Å². The van der Waals surface area contributed by atoms with Gasteiger partial charge < -0.3 is 14.6 Å². The van der Waals surface area contributed by atoms with Gasteiger partial charge in [0.15, 0.2) is 5.75 Å². The van der Waals surface area contributed by atoms with Crippen molar-refractivity contribution in [1.29, 1.82) is 0 Å². The molecule has 0 amide bonds. The van der Waals surface area contributed by atoms with Crippen LogP contribution in [0.15, 0.2) is 41.3 Å². The van der Waals surface area contributed by atoms with Crippen LogP contribution >= 0.6 is 23.5 Å². The average Bonchev–Trinajstić information content (AvgIpc) is 2.45. The molecule has 0 atom stereocenters. The first kappa shape index (κ1) is 15.5. The SMILES string of the molecule is COc1c(Cl)cc(C(=O)O)cc1SNc1ccccc1C. The van der Waals surface area contributed by atoms with Crippen molar-refractivity contribution in [1.82, 2.24) is 0 Å². The van der Waals surface area contributed by atoms with Crippen LogP contribution in [0.5, 0.6) is 5.75 Å². The quantitative estimate of drug-likeness (QED) is 0.795. The Morgan fingerprint density at radius 1 is 1.33 bits per heavy atom. The summed E-state index contributed by atoms with van der Waals surface area (Å²) in [7, 11) is 1.50. The van der Waals surface area contributed by atoms with Crippen LogP contribution in [0.3, 0.4) is 0 Å². The largest absolute Gasteiger partial charge is 0.494 e. The molecule has 0 bridgehead atoms. The van der Waals surface area contributed by atoms with E-state index in [1.807, 2.05) is 31.2 Å². The van der Waals surface area contributed by atoms with E-state index >= 15 is 0 Å². The number of halogens is 1. The van der Waals surface area contributed by atoms with Crippen molar-refractivity contribution < 1.29 is 14.6 Å². The standard InChI is InChI=1S/C15H14ClNO3S/c1-9-5-3-4-6-12(9)17-21-13-8-10(15(18)19)7-11(16)14(13)20-2/h3-8,17H,1-2H3,(H,18,19). The van der Waals surface area contributed by atoms with Gasteiger partial charge in [-0.05, 0) is 42.6 Å². The van der Waals surface area contributed by atoms with Crippen LogP contribution in [0.2, 0.25) is 5.02 Å². The number of nitrogens with one attached hydrogen (secondary N) is 1. The fourth-order valence-electron chi connectivity index (χ4n) is 1.76. The smallest absolute Gasteiger partial charge is 0.335 e. The Morgan fingerprint density at radius 2 is 2.05 bits per heavy atom. The summed E-state index contributed by atoms with van der Waals surface area (Å²) in [6.45, 7) is 1.99. The lowest BCUT2D eigenvalue weighted by Gasteiger charge is -2.13. The molecule has 2 aromatic rings. The monoisotopic (exact) mass is 323 g/mol. The number of hydrogen-bond donors (Lipinski definition) is 2. The number of carbonyl (C=O) groups is 1. The summed E-state index contributed by atoms with van der Waals surface area (Å²) in [6, 6.07) is 10.7. The second-order valence-corrected chi connectivity index (χ2v) is 5.57. The average molecular weight is 324 g/mol. The van der Waals surface area contributed by atoms with E-state index in [1.54, 1.807) is 0 Å². The van der Waals surface area contributed by atoms with Crippen LogP contribution in [0, 0.1) is 6.92 Å². The summed E-state index contributed by atoms with van der Waals surface area (Å²) in [5.41, 5.74) is 2.15. The fraction of sp³-hybridized carbons (Fsp3) is 0.133. The van der Waals surface area contributed by atoms with E-state index in [2.05, 4.69) is 4.72 Å². The Hall–Kier alpha value is -1.85. The minimum absolute atomic E-state index is 0.120. The van der Waals surface area contributed by atoms with Crippen molar-refractivity contribution in [2.45, 2.75) is 11.8 Å². The number of methoxy groups -OCH3 is 1. The highest BCUT2D eigenvalue weighted by atomic mass is 35.5. The number of aryl methyl sites for hydroxylation is 1. The highest BCUT2D eigenvalue weighted by Crippen LogP contribution is 2.37. The Bertz CT molecular complexity index is 676. The molecular weight excluding hydrogens is 310 g/mol. The number of benzene rings is 2. The van der Waals surface area contributed by atoms with Crippen molar-refractivity contribution in [2.24, 2.45) is 0 Å². The Balaban J connectivity index is 2.30. The van der Waals surface area contributed by atoms with Gasteiger partial charge in [-0.2, -0.15) is 0 Å². The van der Waals surface area contributed by atoms with Crippen molar-refractivity contribution in [3.05, 3.63) is 52.5 Å². The highest BCUT2D eigenvalue weighted by molar-refractivity contribution is 8.00. The number of anilines is 1. The molecule has 2 N–H and O–H groups in total. The van der Waals surface area contributed by atoms with Gasteiger partial charge in [0.2, 0.25) is 0 Å². The van der Waals surface area contributed by atoms with E-state index in [0.717, 1.165) is 11.3 Å². The van der Waals surface area contributed by atoms with Gasteiger partial charge in [0.05, 0.1) is 22.6 Å².